The number of nitrogens with one attached hydrogen (secondary N) is 1. The van der Waals surface area contributed by atoms with E-state index in [2.05, 4.69) is 30.1 Å². The maximum absolute atomic E-state index is 11.0. The maximum atomic E-state index is 11.0. The highest BCUT2D eigenvalue weighted by Gasteiger charge is 2.16. The van der Waals surface area contributed by atoms with Crippen LogP contribution in [0.3, 0.4) is 0 Å². The third-order valence-electron chi connectivity index (χ3n) is 3.76. The first-order chi connectivity index (χ1) is 10.1. The van der Waals surface area contributed by atoms with Crippen LogP contribution in [0, 0.1) is 0 Å². The predicted molar refractivity (Wildman–Crippen MR) is 80.9 cm³/mol. The Morgan fingerprint density at radius 3 is 2.57 bits per heavy atom. The summed E-state index contributed by atoms with van der Waals surface area (Å²) in [7, 11) is 1.60. The molecule has 21 heavy (non-hydrogen) atoms. The second-order valence-corrected chi connectivity index (χ2v) is 4.95. The number of hydrogen-bond acceptors (Lipinski definition) is 3. The van der Waals surface area contributed by atoms with E-state index in [1.807, 2.05) is 12.1 Å². The SMILES string of the molecule is CCC(CC)c1ccc(OC)c(-c2cc(C(=O)O)[nH]n2)c1. The van der Waals surface area contributed by atoms with Crippen LogP contribution < -0.4 is 4.74 Å². The number of rotatable bonds is 6. The van der Waals surface area contributed by atoms with Crippen LogP contribution in [0.15, 0.2) is 24.3 Å². The first kappa shape index (κ1) is 15.1. The molecule has 0 saturated carbocycles. The molecule has 0 fully saturated rings. The summed E-state index contributed by atoms with van der Waals surface area (Å²) < 4.78 is 5.37. The highest BCUT2D eigenvalue weighted by Crippen LogP contribution is 2.34. The van der Waals surface area contributed by atoms with E-state index in [1.54, 1.807) is 7.11 Å². The van der Waals surface area contributed by atoms with Gasteiger partial charge in [0.25, 0.3) is 0 Å². The average Bonchev–Trinajstić information content (AvgIpc) is 2.98. The van der Waals surface area contributed by atoms with Gasteiger partial charge in [-0.15, -0.1) is 0 Å². The van der Waals surface area contributed by atoms with E-state index in [1.165, 1.54) is 11.6 Å². The second kappa shape index (κ2) is 6.43. The summed E-state index contributed by atoms with van der Waals surface area (Å²) in [5.74, 6) is 0.143. The van der Waals surface area contributed by atoms with E-state index < -0.39 is 5.97 Å². The molecule has 2 aromatic rings. The number of carboxylic acid groups (broad SMARTS) is 1. The molecule has 0 unspecified atom stereocenters. The number of ether oxygens (including phenoxy) is 1. The normalized spacial score (nSPS) is 10.9. The molecule has 1 aromatic heterocycles. The standard InChI is InChI=1S/C16H20N2O3/c1-4-10(5-2)11-6-7-15(21-3)12(8-11)13-9-14(16(19)20)18-17-13/h6-10H,4-5H2,1-3H3,(H,17,18)(H,19,20). The van der Waals surface area contributed by atoms with Crippen molar-refractivity contribution in [3.8, 4) is 17.0 Å². The highest BCUT2D eigenvalue weighted by atomic mass is 16.5. The molecule has 112 valence electrons. The number of aromatic nitrogens is 2. The Hall–Kier alpha value is -2.30. The molecule has 0 bridgehead atoms. The molecule has 5 nitrogen and oxygen atoms in total. The monoisotopic (exact) mass is 288 g/mol. The number of methoxy groups -OCH3 is 1. The van der Waals surface area contributed by atoms with Crippen molar-refractivity contribution in [1.29, 1.82) is 0 Å². The van der Waals surface area contributed by atoms with Crippen molar-refractivity contribution in [1.82, 2.24) is 10.2 Å². The van der Waals surface area contributed by atoms with Gasteiger partial charge in [0.2, 0.25) is 0 Å². The number of aromatic carboxylic acids is 1. The molecular formula is C16H20N2O3. The van der Waals surface area contributed by atoms with Crippen molar-refractivity contribution in [2.45, 2.75) is 32.6 Å². The first-order valence-electron chi connectivity index (χ1n) is 7.07. The van der Waals surface area contributed by atoms with Gasteiger partial charge in [-0.3, -0.25) is 5.10 Å². The molecule has 0 aliphatic heterocycles. The fraction of sp³-hybridized carbons (Fsp3) is 0.375. The summed E-state index contributed by atoms with van der Waals surface area (Å²) in [5.41, 5.74) is 2.68. The number of benzene rings is 1. The number of carbonyl (C=O) groups is 1. The molecule has 0 radical (unpaired) electrons. The smallest absolute Gasteiger partial charge is 0.353 e. The molecule has 0 amide bonds. The molecule has 2 rings (SSSR count). The lowest BCUT2D eigenvalue weighted by Gasteiger charge is -2.15. The van der Waals surface area contributed by atoms with Crippen LogP contribution in [0.25, 0.3) is 11.3 Å². The molecule has 1 aromatic carbocycles. The highest BCUT2D eigenvalue weighted by molar-refractivity contribution is 5.87. The van der Waals surface area contributed by atoms with Crippen LogP contribution in [0.1, 0.15) is 48.7 Å². The second-order valence-electron chi connectivity index (χ2n) is 4.95. The maximum Gasteiger partial charge on any atom is 0.353 e. The molecule has 0 aliphatic carbocycles. The summed E-state index contributed by atoms with van der Waals surface area (Å²) in [5, 5.41) is 15.6. The topological polar surface area (TPSA) is 75.2 Å². The zero-order chi connectivity index (χ0) is 15.4. The van der Waals surface area contributed by atoms with E-state index in [9.17, 15) is 4.79 Å². The number of aromatic amines is 1. The van der Waals surface area contributed by atoms with Crippen molar-refractivity contribution in [2.24, 2.45) is 0 Å². The van der Waals surface area contributed by atoms with Crippen LogP contribution in [0.4, 0.5) is 0 Å². The zero-order valence-electron chi connectivity index (χ0n) is 12.5. The molecule has 0 atom stereocenters. The van der Waals surface area contributed by atoms with Gasteiger partial charge < -0.3 is 9.84 Å². The summed E-state index contributed by atoms with van der Waals surface area (Å²) in [6, 6.07) is 7.54. The predicted octanol–water partition coefficient (Wildman–Crippen LogP) is 3.69. The molecule has 1 heterocycles. The van der Waals surface area contributed by atoms with Gasteiger partial charge >= 0.3 is 5.97 Å². The van der Waals surface area contributed by atoms with Crippen LogP contribution in [0.5, 0.6) is 5.75 Å². The van der Waals surface area contributed by atoms with Gasteiger partial charge in [-0.05, 0) is 42.5 Å². The Morgan fingerprint density at radius 1 is 1.33 bits per heavy atom. The zero-order valence-corrected chi connectivity index (χ0v) is 12.5. The van der Waals surface area contributed by atoms with Crippen molar-refractivity contribution < 1.29 is 14.6 Å². The van der Waals surface area contributed by atoms with E-state index in [4.69, 9.17) is 9.84 Å². The molecule has 2 N–H and O–H groups in total. The minimum atomic E-state index is -1.02. The van der Waals surface area contributed by atoms with Gasteiger partial charge in [0.15, 0.2) is 0 Å². The summed E-state index contributed by atoms with van der Waals surface area (Å²) in [6.45, 7) is 4.32. The first-order valence-corrected chi connectivity index (χ1v) is 7.07. The van der Waals surface area contributed by atoms with E-state index in [-0.39, 0.29) is 5.69 Å². The summed E-state index contributed by atoms with van der Waals surface area (Å²) >= 11 is 0. The molecular weight excluding hydrogens is 268 g/mol. The minimum Gasteiger partial charge on any atom is -0.496 e. The van der Waals surface area contributed by atoms with E-state index in [0.717, 1.165) is 18.4 Å². The lowest BCUT2D eigenvalue weighted by atomic mass is 9.92. The quantitative estimate of drug-likeness (QED) is 0.850. The number of nitrogens with zero attached hydrogens (tertiary/aromatic N) is 1. The van der Waals surface area contributed by atoms with Gasteiger partial charge in [0, 0.05) is 5.56 Å². The van der Waals surface area contributed by atoms with Gasteiger partial charge in [0.05, 0.1) is 12.8 Å². The van der Waals surface area contributed by atoms with Gasteiger partial charge in [-0.25, -0.2) is 4.79 Å². The van der Waals surface area contributed by atoms with E-state index >= 15 is 0 Å². The molecule has 0 saturated heterocycles. The Morgan fingerprint density at radius 2 is 2.05 bits per heavy atom. The van der Waals surface area contributed by atoms with Crippen molar-refractivity contribution in [3.63, 3.8) is 0 Å². The fourth-order valence-electron chi connectivity index (χ4n) is 2.51. The molecule has 5 heteroatoms. The Bertz CT molecular complexity index is 630. The Balaban J connectivity index is 2.48. The molecule has 0 aliphatic rings. The Labute approximate surface area is 124 Å². The molecule has 0 spiro atoms. The van der Waals surface area contributed by atoms with Gasteiger partial charge in [-0.1, -0.05) is 19.9 Å². The van der Waals surface area contributed by atoms with Crippen LogP contribution >= 0.6 is 0 Å². The van der Waals surface area contributed by atoms with Crippen LogP contribution in [0.2, 0.25) is 0 Å². The van der Waals surface area contributed by atoms with Crippen LogP contribution in [-0.4, -0.2) is 28.4 Å². The largest absolute Gasteiger partial charge is 0.496 e. The number of hydrogen-bond donors (Lipinski definition) is 2. The fourth-order valence-corrected chi connectivity index (χ4v) is 2.51. The number of carboxylic acids is 1. The van der Waals surface area contributed by atoms with Crippen LogP contribution in [-0.2, 0) is 0 Å². The summed E-state index contributed by atoms with van der Waals surface area (Å²) in [4.78, 5) is 11.0. The lowest BCUT2D eigenvalue weighted by Crippen LogP contribution is -1.97. The number of H-pyrrole nitrogens is 1. The van der Waals surface area contributed by atoms with Gasteiger partial charge in [0.1, 0.15) is 11.4 Å². The minimum absolute atomic E-state index is 0.0694. The average molecular weight is 288 g/mol. The van der Waals surface area contributed by atoms with Crippen molar-refractivity contribution in [2.75, 3.05) is 7.11 Å². The van der Waals surface area contributed by atoms with Crippen molar-refractivity contribution >= 4 is 5.97 Å². The lowest BCUT2D eigenvalue weighted by molar-refractivity contribution is 0.0690. The van der Waals surface area contributed by atoms with Crippen molar-refractivity contribution in [3.05, 3.63) is 35.5 Å². The third-order valence-corrected chi connectivity index (χ3v) is 3.76. The third kappa shape index (κ3) is 3.07. The van der Waals surface area contributed by atoms with E-state index in [0.29, 0.717) is 17.4 Å². The Kier molecular flexibility index (Phi) is 4.62. The summed E-state index contributed by atoms with van der Waals surface area (Å²) in [6.07, 6.45) is 2.12. The van der Waals surface area contributed by atoms with Gasteiger partial charge in [-0.2, -0.15) is 5.10 Å².